The summed E-state index contributed by atoms with van der Waals surface area (Å²) in [7, 11) is 1.45. The SMILES string of the molecule is CC(=O)Oc1ccc(C(=O)O)c(OC(C)=O)c1.CC(=O)Oc1ccccc1C(=O)O.CC(=O)Oc1ccccc1C(=O)O.COc1ccccc1C(=O)O.Nc1ccc(C(=O)O)c(O)c1.O=C(O)c1ccc(O)cc1O.O=C(O)c1ccccc1O. The second-order valence-electron chi connectivity index (χ2n) is 15.9. The van der Waals surface area contributed by atoms with Gasteiger partial charge >= 0.3 is 65.7 Å². The minimum Gasteiger partial charge on any atom is -0.508 e. The number of carboxylic acid groups (broad SMARTS) is 7. The second kappa shape index (κ2) is 36.0. The van der Waals surface area contributed by atoms with E-state index in [1.165, 1.54) is 113 Å². The molecule has 0 aliphatic heterocycles. The maximum Gasteiger partial charge on any atom is 0.339 e. The quantitative estimate of drug-likeness (QED) is 0.0315. The Kier molecular flexibility index (Phi) is 29.9. The van der Waals surface area contributed by atoms with E-state index < -0.39 is 71.4 Å². The number of para-hydroxylation sites is 4. The topological polar surface area (TPSA) is 482 Å². The van der Waals surface area contributed by atoms with Gasteiger partial charge < -0.3 is 85.6 Å². The summed E-state index contributed by atoms with van der Waals surface area (Å²) in [6.07, 6.45) is 0. The molecule has 28 heteroatoms. The highest BCUT2D eigenvalue weighted by Gasteiger charge is 2.16. The van der Waals surface area contributed by atoms with E-state index in [1.807, 2.05) is 0 Å². The average Bonchev–Trinajstić information content (AvgIpc) is 3.55. The van der Waals surface area contributed by atoms with Crippen molar-refractivity contribution in [1.29, 1.82) is 0 Å². The number of carbonyl (C=O) groups is 11. The monoisotopic (exact) mass is 1200 g/mol. The molecular weight excluding hydrogens is 1140 g/mol. The van der Waals surface area contributed by atoms with Crippen molar-refractivity contribution in [2.75, 3.05) is 12.8 Å². The Morgan fingerprint density at radius 1 is 0.314 bits per heavy atom. The van der Waals surface area contributed by atoms with E-state index in [9.17, 15) is 52.7 Å². The van der Waals surface area contributed by atoms with Gasteiger partial charge in [0.1, 0.15) is 90.7 Å². The lowest BCUT2D eigenvalue weighted by molar-refractivity contribution is -0.133. The summed E-state index contributed by atoms with van der Waals surface area (Å²) in [6.45, 7) is 4.79. The predicted octanol–water partition coefficient (Wildman–Crippen LogP) is 7.81. The van der Waals surface area contributed by atoms with Crippen LogP contribution in [0.2, 0.25) is 0 Å². The van der Waals surface area contributed by atoms with Gasteiger partial charge in [-0.15, -0.1) is 0 Å². The molecule has 0 atom stereocenters. The van der Waals surface area contributed by atoms with Gasteiger partial charge in [0.25, 0.3) is 0 Å². The normalized spacial score (nSPS) is 9.36. The van der Waals surface area contributed by atoms with Crippen LogP contribution in [0.5, 0.6) is 51.7 Å². The van der Waals surface area contributed by atoms with Crippen molar-refractivity contribution in [2.45, 2.75) is 27.7 Å². The van der Waals surface area contributed by atoms with Crippen LogP contribution in [0.15, 0.2) is 152 Å². The molecule has 13 N–H and O–H groups in total. The van der Waals surface area contributed by atoms with Crippen molar-refractivity contribution in [3.63, 3.8) is 0 Å². The highest BCUT2D eigenvalue weighted by Crippen LogP contribution is 2.26. The first-order valence-corrected chi connectivity index (χ1v) is 23.5. The van der Waals surface area contributed by atoms with Gasteiger partial charge in [-0.25, -0.2) is 33.6 Å². The van der Waals surface area contributed by atoms with Crippen LogP contribution in [-0.2, 0) is 19.2 Å². The molecule has 0 fully saturated rings. The summed E-state index contributed by atoms with van der Waals surface area (Å²) in [5.74, 6) is -10.8. The van der Waals surface area contributed by atoms with Gasteiger partial charge in [-0.3, -0.25) is 19.2 Å². The number of phenols is 4. The third kappa shape index (κ3) is 26.2. The van der Waals surface area contributed by atoms with Crippen LogP contribution in [0.25, 0.3) is 0 Å². The molecule has 7 aromatic carbocycles. The molecular formula is C58H53NO27. The summed E-state index contributed by atoms with van der Waals surface area (Å²) in [6, 6.07) is 35.1. The second-order valence-corrected chi connectivity index (χ2v) is 15.9. The van der Waals surface area contributed by atoms with E-state index >= 15 is 0 Å². The summed E-state index contributed by atoms with van der Waals surface area (Å²) in [5.41, 5.74) is 5.16. The lowest BCUT2D eigenvalue weighted by Gasteiger charge is -2.07. The number of methoxy groups -OCH3 is 1. The molecule has 0 bridgehead atoms. The molecule has 86 heavy (non-hydrogen) atoms. The molecule has 7 aromatic rings. The van der Waals surface area contributed by atoms with Crippen LogP contribution in [0, 0.1) is 0 Å². The molecule has 7 rings (SSSR count). The number of ether oxygens (including phenoxy) is 5. The zero-order valence-electron chi connectivity index (χ0n) is 45.5. The highest BCUT2D eigenvalue weighted by atomic mass is 16.6. The number of aromatic carboxylic acids is 7. The largest absolute Gasteiger partial charge is 0.508 e. The number of benzene rings is 7. The zero-order valence-corrected chi connectivity index (χ0v) is 45.5. The van der Waals surface area contributed by atoms with Crippen LogP contribution in [0.3, 0.4) is 0 Å². The van der Waals surface area contributed by atoms with Crippen LogP contribution < -0.4 is 29.4 Å². The number of anilines is 1. The Morgan fingerprint density at radius 3 is 0.953 bits per heavy atom. The van der Waals surface area contributed by atoms with Gasteiger partial charge in [0.15, 0.2) is 0 Å². The first kappa shape index (κ1) is 71.5. The van der Waals surface area contributed by atoms with Crippen LogP contribution >= 0.6 is 0 Å². The van der Waals surface area contributed by atoms with Gasteiger partial charge in [-0.2, -0.15) is 0 Å². The molecule has 0 saturated heterocycles. The van der Waals surface area contributed by atoms with E-state index in [0.29, 0.717) is 11.4 Å². The molecule has 0 saturated carbocycles. The van der Waals surface area contributed by atoms with E-state index in [4.69, 9.17) is 76.1 Å². The Labute approximate surface area is 485 Å². The fraction of sp³-hybridized carbons (Fsp3) is 0.0862. The number of phenolic OH excluding ortho intramolecular Hbond substituents is 1. The fourth-order valence-corrected chi connectivity index (χ4v) is 5.83. The number of rotatable bonds is 12. The lowest BCUT2D eigenvalue weighted by atomic mass is 10.2. The fourth-order valence-electron chi connectivity index (χ4n) is 5.83. The first-order chi connectivity index (χ1) is 40.3. The van der Waals surface area contributed by atoms with Crippen LogP contribution in [-0.4, -0.2) is 129 Å². The third-order valence-corrected chi connectivity index (χ3v) is 9.38. The van der Waals surface area contributed by atoms with Crippen LogP contribution in [0.1, 0.15) is 100 Å². The Morgan fingerprint density at radius 2 is 0.616 bits per heavy atom. The molecule has 452 valence electrons. The standard InChI is InChI=1S/C11H10O6.2C9H8O4.C8H8O3.C7H7NO3.C7H6O4.C7H6O3/c1-6(12)16-8-3-4-9(11(14)15)10(5-8)17-7(2)13;2*1-6(10)13-8-5-3-2-4-7(8)9(11)12;1-11-7-5-3-2-4-6(7)8(9)10;2*8-4-1-2-5(7(10)11)6(9)3-4;8-6-4-2-1-3-5(6)7(9)10/h3-5H,1-2H3,(H,14,15);2*2-5H,1H3,(H,11,12);2-5H,1H3,(H,9,10);1-3,9H,8H2,(H,10,11);1-3,8-9H,(H,10,11);1-4,8H,(H,9,10). The summed E-state index contributed by atoms with van der Waals surface area (Å²) in [5, 5.41) is 95.7. The maximum atomic E-state index is 10.8. The summed E-state index contributed by atoms with van der Waals surface area (Å²) < 4.78 is 23.7. The number of nitrogen functional groups attached to an aromatic ring is 1. The Balaban J connectivity index is 0.000000505. The molecule has 0 aliphatic rings. The highest BCUT2D eigenvalue weighted by molar-refractivity contribution is 5.95. The predicted molar refractivity (Wildman–Crippen MR) is 297 cm³/mol. The van der Waals surface area contributed by atoms with E-state index in [0.717, 1.165) is 19.1 Å². The Hall–Kier alpha value is -12.5. The Bertz CT molecular complexity index is 3440. The number of nitrogens with two attached hydrogens (primary N) is 1. The number of aromatic hydroxyl groups is 4. The van der Waals surface area contributed by atoms with Crippen molar-refractivity contribution in [3.05, 3.63) is 191 Å². The van der Waals surface area contributed by atoms with Crippen molar-refractivity contribution >= 4 is 71.3 Å². The number of carbonyl (C=O) groups excluding carboxylic acids is 4. The molecule has 0 unspecified atom stereocenters. The number of hydrogen-bond donors (Lipinski definition) is 12. The van der Waals surface area contributed by atoms with Gasteiger partial charge in [-0.05, 0) is 84.9 Å². The van der Waals surface area contributed by atoms with Crippen LogP contribution in [0.4, 0.5) is 5.69 Å². The van der Waals surface area contributed by atoms with E-state index in [-0.39, 0.29) is 79.2 Å². The number of hydrogen-bond acceptors (Lipinski definition) is 21. The van der Waals surface area contributed by atoms with Gasteiger partial charge in [0.2, 0.25) is 0 Å². The van der Waals surface area contributed by atoms with Gasteiger partial charge in [-0.1, -0.05) is 48.5 Å². The van der Waals surface area contributed by atoms with Crippen molar-refractivity contribution in [2.24, 2.45) is 0 Å². The van der Waals surface area contributed by atoms with Crippen molar-refractivity contribution < 1.29 is 133 Å². The van der Waals surface area contributed by atoms with Crippen molar-refractivity contribution in [1.82, 2.24) is 0 Å². The average molecular weight is 1200 g/mol. The van der Waals surface area contributed by atoms with Gasteiger partial charge in [0.05, 0.1) is 7.11 Å². The summed E-state index contributed by atoms with van der Waals surface area (Å²) >= 11 is 0. The molecule has 0 aliphatic carbocycles. The van der Waals surface area contributed by atoms with E-state index in [2.05, 4.69) is 9.47 Å². The van der Waals surface area contributed by atoms with Crippen molar-refractivity contribution in [3.8, 4) is 51.7 Å². The zero-order chi connectivity index (χ0) is 65.4. The number of carboxylic acids is 7. The summed E-state index contributed by atoms with van der Waals surface area (Å²) in [4.78, 5) is 116. The smallest absolute Gasteiger partial charge is 0.339 e. The number of esters is 4. The first-order valence-electron chi connectivity index (χ1n) is 23.5. The lowest BCUT2D eigenvalue weighted by Crippen LogP contribution is -2.08. The molecule has 0 amide bonds. The minimum absolute atomic E-state index is 0.0160. The minimum atomic E-state index is -1.24. The molecule has 0 spiro atoms. The molecule has 28 nitrogen and oxygen atoms in total. The molecule has 0 radical (unpaired) electrons. The molecule has 0 heterocycles. The van der Waals surface area contributed by atoms with Gasteiger partial charge in [0, 0.05) is 51.6 Å². The third-order valence-electron chi connectivity index (χ3n) is 9.38. The van der Waals surface area contributed by atoms with E-state index in [1.54, 1.807) is 54.6 Å². The maximum absolute atomic E-state index is 10.8. The molecule has 0 aromatic heterocycles.